The molecule has 0 spiro atoms. The number of allylic oxidation sites excluding steroid dienone is 1. The second-order valence-corrected chi connectivity index (χ2v) is 5.59. The number of fused-ring (bicyclic) bond motifs is 4. The van der Waals surface area contributed by atoms with Crippen LogP contribution in [0, 0.1) is 0 Å². The van der Waals surface area contributed by atoms with Gasteiger partial charge in [0.25, 0.3) is 0 Å². The van der Waals surface area contributed by atoms with Gasteiger partial charge in [-0.25, -0.2) is 0 Å². The van der Waals surface area contributed by atoms with Gasteiger partial charge < -0.3 is 4.74 Å². The molecule has 0 amide bonds. The zero-order valence-electron chi connectivity index (χ0n) is 8.49. The van der Waals surface area contributed by atoms with Crippen molar-refractivity contribution in [1.29, 1.82) is 0 Å². The Morgan fingerprint density at radius 1 is 1.35 bits per heavy atom. The topological polar surface area (TPSA) is 26.3 Å². The lowest BCUT2D eigenvalue weighted by atomic mass is 9.82. The van der Waals surface area contributed by atoms with Crippen LogP contribution in [0.3, 0.4) is 0 Å². The van der Waals surface area contributed by atoms with Crippen LogP contribution in [0.1, 0.15) is 11.5 Å². The van der Waals surface area contributed by atoms with Crippen molar-refractivity contribution in [3.63, 3.8) is 0 Å². The van der Waals surface area contributed by atoms with Gasteiger partial charge in [-0.05, 0) is 30.4 Å². The molecule has 0 saturated heterocycles. The van der Waals surface area contributed by atoms with Gasteiger partial charge in [-0.1, -0.05) is 23.2 Å². The van der Waals surface area contributed by atoms with E-state index in [1.165, 1.54) is 12.2 Å². The second kappa shape index (κ2) is 3.64. The Labute approximate surface area is 113 Å². The first-order valence-electron chi connectivity index (χ1n) is 5.06. The van der Waals surface area contributed by atoms with Crippen LogP contribution in [-0.4, -0.2) is 16.2 Å². The smallest absolute Gasteiger partial charge is 0.218 e. The zero-order chi connectivity index (χ0) is 12.2. The van der Waals surface area contributed by atoms with E-state index in [1.54, 1.807) is 18.2 Å². The molecule has 5 heteroatoms. The normalized spacial score (nSPS) is 34.2. The van der Waals surface area contributed by atoms with Crippen LogP contribution in [0.5, 0.6) is 5.75 Å². The minimum atomic E-state index is -1.15. The lowest BCUT2D eigenvalue weighted by Crippen LogP contribution is -2.49. The molecule has 0 fully saturated rings. The van der Waals surface area contributed by atoms with E-state index >= 15 is 0 Å². The van der Waals surface area contributed by atoms with Gasteiger partial charge >= 0.3 is 0 Å². The molecule has 1 unspecified atom stereocenters. The molecule has 1 aliphatic heterocycles. The number of benzene rings is 1. The summed E-state index contributed by atoms with van der Waals surface area (Å²) < 4.78 is 5.64. The van der Waals surface area contributed by atoms with Crippen LogP contribution in [0.25, 0.3) is 0 Å². The monoisotopic (exact) mass is 288 g/mol. The van der Waals surface area contributed by atoms with Crippen molar-refractivity contribution in [2.45, 2.75) is 16.4 Å². The van der Waals surface area contributed by atoms with Crippen LogP contribution in [0.2, 0.25) is 5.02 Å². The molecule has 2 bridgehead atoms. The maximum atomic E-state index is 11.9. The van der Waals surface area contributed by atoms with Crippen LogP contribution in [-0.2, 0) is 4.79 Å². The van der Waals surface area contributed by atoms with Crippen molar-refractivity contribution in [3.05, 3.63) is 40.9 Å². The first-order chi connectivity index (χ1) is 8.01. The zero-order valence-corrected chi connectivity index (χ0v) is 10.8. The average molecular weight is 290 g/mol. The van der Waals surface area contributed by atoms with E-state index in [4.69, 9.17) is 39.5 Å². The number of halogens is 3. The van der Waals surface area contributed by atoms with Crippen molar-refractivity contribution in [2.24, 2.45) is 0 Å². The fourth-order valence-electron chi connectivity index (χ4n) is 2.19. The van der Waals surface area contributed by atoms with Crippen molar-refractivity contribution in [1.82, 2.24) is 0 Å². The van der Waals surface area contributed by atoms with Gasteiger partial charge in [-0.3, -0.25) is 4.79 Å². The highest BCUT2D eigenvalue weighted by atomic mass is 35.5. The summed E-state index contributed by atoms with van der Waals surface area (Å²) >= 11 is 18.4. The van der Waals surface area contributed by atoms with Gasteiger partial charge in [0.15, 0.2) is 5.78 Å². The van der Waals surface area contributed by atoms with E-state index in [0.717, 1.165) is 0 Å². The molecule has 0 saturated carbocycles. The molecule has 88 valence electrons. The summed E-state index contributed by atoms with van der Waals surface area (Å²) in [7, 11) is 0. The highest BCUT2D eigenvalue weighted by molar-refractivity contribution is 6.36. The number of ketones is 1. The van der Waals surface area contributed by atoms with Crippen molar-refractivity contribution in [2.75, 3.05) is 0 Å². The average Bonchev–Trinajstić information content (AvgIpc) is 2.27. The Balaban J connectivity index is 2.23. The first-order valence-corrected chi connectivity index (χ1v) is 6.25. The Bertz CT molecular complexity index is 541. The van der Waals surface area contributed by atoms with Gasteiger partial charge in [-0.15, -0.1) is 11.6 Å². The van der Waals surface area contributed by atoms with Crippen LogP contribution in [0.15, 0.2) is 30.4 Å². The summed E-state index contributed by atoms with van der Waals surface area (Å²) in [4.78, 5) is 11.9. The molecule has 0 N–H and O–H groups in total. The lowest BCUT2D eigenvalue weighted by Gasteiger charge is -2.41. The third-order valence-electron chi connectivity index (χ3n) is 3.02. The number of alkyl halides is 2. The van der Waals surface area contributed by atoms with Crippen LogP contribution >= 0.6 is 34.8 Å². The van der Waals surface area contributed by atoms with Gasteiger partial charge in [0.2, 0.25) is 5.06 Å². The van der Waals surface area contributed by atoms with Gasteiger partial charge in [0, 0.05) is 10.6 Å². The Kier molecular flexibility index (Phi) is 2.44. The molecule has 2 aliphatic rings. The fourth-order valence-corrected chi connectivity index (χ4v) is 3.02. The second-order valence-electron chi connectivity index (χ2n) is 4.10. The van der Waals surface area contributed by atoms with E-state index in [2.05, 4.69) is 0 Å². The van der Waals surface area contributed by atoms with E-state index in [1.807, 2.05) is 0 Å². The van der Waals surface area contributed by atoms with Crippen LogP contribution in [0.4, 0.5) is 0 Å². The van der Waals surface area contributed by atoms with Crippen LogP contribution < -0.4 is 4.74 Å². The standard InChI is InChI=1S/C12H7Cl3O2/c13-6-1-2-9-7(5-6)10-8(16)3-4-12(15,17-9)11(10)14/h1-5,10-11H/t10-,11?,12+/m0/s1. The molecule has 1 aliphatic carbocycles. The summed E-state index contributed by atoms with van der Waals surface area (Å²) in [6.07, 6.45) is 2.92. The minimum Gasteiger partial charge on any atom is -0.466 e. The molecule has 0 aromatic heterocycles. The molecule has 1 heterocycles. The van der Waals surface area contributed by atoms with E-state index < -0.39 is 16.4 Å². The third kappa shape index (κ3) is 1.59. The molecule has 3 atom stereocenters. The number of hydrogen-bond donors (Lipinski definition) is 0. The summed E-state index contributed by atoms with van der Waals surface area (Å²) in [5.41, 5.74) is 0.697. The first kappa shape index (κ1) is 11.4. The van der Waals surface area contributed by atoms with E-state index in [-0.39, 0.29) is 5.78 Å². The maximum absolute atomic E-state index is 11.9. The largest absolute Gasteiger partial charge is 0.466 e. The van der Waals surface area contributed by atoms with E-state index in [0.29, 0.717) is 16.3 Å². The van der Waals surface area contributed by atoms with Gasteiger partial charge in [0.1, 0.15) is 11.1 Å². The Morgan fingerprint density at radius 3 is 2.88 bits per heavy atom. The summed E-state index contributed by atoms with van der Waals surface area (Å²) in [6.45, 7) is 0. The highest BCUT2D eigenvalue weighted by Crippen LogP contribution is 2.49. The molecule has 1 aromatic rings. The molecule has 2 nitrogen and oxygen atoms in total. The number of carbonyl (C=O) groups excluding carboxylic acids is 1. The highest BCUT2D eigenvalue weighted by Gasteiger charge is 2.51. The van der Waals surface area contributed by atoms with Gasteiger partial charge in [-0.2, -0.15) is 0 Å². The SMILES string of the molecule is O=C1C=C[C@@]2(Cl)Oc3ccc(Cl)cc3[C@@H]1C2Cl. The predicted molar refractivity (Wildman–Crippen MR) is 67.2 cm³/mol. The molecule has 1 aromatic carbocycles. The molecular weight excluding hydrogens is 282 g/mol. The van der Waals surface area contributed by atoms with E-state index in [9.17, 15) is 4.79 Å². The summed E-state index contributed by atoms with van der Waals surface area (Å²) in [5, 5.41) is -1.24. The third-order valence-corrected chi connectivity index (χ3v) is 4.38. The number of rotatable bonds is 0. The Hall–Kier alpha value is -0.700. The van der Waals surface area contributed by atoms with Crippen molar-refractivity contribution in [3.8, 4) is 5.75 Å². The predicted octanol–water partition coefficient (Wildman–Crippen LogP) is 3.50. The lowest BCUT2D eigenvalue weighted by molar-refractivity contribution is -0.117. The summed E-state index contributed by atoms with van der Waals surface area (Å²) in [6, 6.07) is 5.10. The van der Waals surface area contributed by atoms with Crippen molar-refractivity contribution >= 4 is 40.6 Å². The van der Waals surface area contributed by atoms with Crippen molar-refractivity contribution < 1.29 is 9.53 Å². The number of carbonyl (C=O) groups is 1. The minimum absolute atomic E-state index is 0.0758. The maximum Gasteiger partial charge on any atom is 0.218 e. The fraction of sp³-hybridized carbons (Fsp3) is 0.250. The number of ether oxygens (including phenoxy) is 1. The summed E-state index contributed by atoms with van der Waals surface area (Å²) in [5.74, 6) is -0.0151. The molecular formula is C12H7Cl3O2. The quantitative estimate of drug-likeness (QED) is 0.683. The van der Waals surface area contributed by atoms with Gasteiger partial charge in [0.05, 0.1) is 5.92 Å². The Morgan fingerprint density at radius 2 is 2.12 bits per heavy atom. The molecule has 3 rings (SSSR count). The molecule has 0 radical (unpaired) electrons. The number of hydrogen-bond acceptors (Lipinski definition) is 2. The molecule has 17 heavy (non-hydrogen) atoms.